The highest BCUT2D eigenvalue weighted by molar-refractivity contribution is 7.94. The largest absolute Gasteiger partial charge is 0.497 e. The van der Waals surface area contributed by atoms with E-state index in [1.807, 2.05) is 0 Å². The quantitative estimate of drug-likeness (QED) is 0.832. The Bertz CT molecular complexity index is 767. The number of hydrogen-bond acceptors (Lipinski definition) is 6. The van der Waals surface area contributed by atoms with Crippen molar-refractivity contribution in [1.82, 2.24) is 4.72 Å². The Morgan fingerprint density at radius 2 is 1.95 bits per heavy atom. The average molecular weight is 333 g/mol. The fourth-order valence-corrected chi connectivity index (χ4v) is 4.62. The monoisotopic (exact) mass is 333 g/mol. The molecule has 1 aliphatic rings. The number of sulfone groups is 1. The van der Waals surface area contributed by atoms with Gasteiger partial charge in [-0.25, -0.2) is 21.6 Å². The first-order valence-corrected chi connectivity index (χ1v) is 9.12. The third kappa shape index (κ3) is 3.55. The lowest BCUT2D eigenvalue weighted by Crippen LogP contribution is -2.35. The standard InChI is InChI=1S/C12H15NO6S2/c1-18-10-3-4-11(19-2)12(7-10)21(16,17)13-9-5-6-20(14,15)8-9/h3-7,9,13H,8H2,1-2H3/t9-/m0/s1. The van der Waals surface area contributed by atoms with E-state index in [0.717, 1.165) is 5.41 Å². The number of methoxy groups -OCH3 is 2. The molecule has 1 aliphatic heterocycles. The topological polar surface area (TPSA) is 98.8 Å². The third-order valence-electron chi connectivity index (χ3n) is 2.90. The van der Waals surface area contributed by atoms with E-state index in [1.165, 1.54) is 32.4 Å². The van der Waals surface area contributed by atoms with Crippen LogP contribution in [0.2, 0.25) is 0 Å². The second kappa shape index (κ2) is 5.66. The van der Waals surface area contributed by atoms with Gasteiger partial charge in [-0.2, -0.15) is 0 Å². The summed E-state index contributed by atoms with van der Waals surface area (Å²) in [6.45, 7) is 0. The molecule has 116 valence electrons. The van der Waals surface area contributed by atoms with Crippen molar-refractivity contribution in [2.24, 2.45) is 0 Å². The fraction of sp³-hybridized carbons (Fsp3) is 0.333. The van der Waals surface area contributed by atoms with E-state index < -0.39 is 25.9 Å². The summed E-state index contributed by atoms with van der Waals surface area (Å²) in [5.74, 6) is 0.206. The Morgan fingerprint density at radius 3 is 2.48 bits per heavy atom. The molecule has 0 amide bonds. The summed E-state index contributed by atoms with van der Waals surface area (Å²) in [4.78, 5) is -0.109. The van der Waals surface area contributed by atoms with Crippen LogP contribution in [0.5, 0.6) is 11.5 Å². The molecule has 0 aromatic heterocycles. The van der Waals surface area contributed by atoms with Gasteiger partial charge in [-0.15, -0.1) is 0 Å². The lowest BCUT2D eigenvalue weighted by atomic mass is 10.3. The number of nitrogens with one attached hydrogen (secondary N) is 1. The highest BCUT2D eigenvalue weighted by Crippen LogP contribution is 2.28. The Morgan fingerprint density at radius 1 is 1.24 bits per heavy atom. The zero-order chi connectivity index (χ0) is 15.7. The van der Waals surface area contributed by atoms with Crippen LogP contribution >= 0.6 is 0 Å². The normalized spacial score (nSPS) is 20.4. The predicted octanol–water partition coefficient (Wildman–Crippen LogP) is 0.293. The predicted molar refractivity (Wildman–Crippen MR) is 76.6 cm³/mol. The number of sulfonamides is 1. The summed E-state index contributed by atoms with van der Waals surface area (Å²) in [7, 11) is -4.52. The molecule has 0 saturated carbocycles. The maximum absolute atomic E-state index is 12.4. The minimum Gasteiger partial charge on any atom is -0.497 e. The zero-order valence-corrected chi connectivity index (χ0v) is 13.1. The van der Waals surface area contributed by atoms with Gasteiger partial charge in [0.1, 0.15) is 16.4 Å². The Labute approximate surface area is 123 Å². The SMILES string of the molecule is COc1ccc(OC)c(S(=O)(=O)N[C@H]2C=CS(=O)(=O)C2)c1. The molecule has 7 nitrogen and oxygen atoms in total. The average Bonchev–Trinajstić information content (AvgIpc) is 2.76. The summed E-state index contributed by atoms with van der Waals surface area (Å²) in [5, 5.41) is 1.00. The van der Waals surface area contributed by atoms with Crippen molar-refractivity contribution in [3.63, 3.8) is 0 Å². The molecule has 1 aromatic rings. The molecule has 9 heteroatoms. The van der Waals surface area contributed by atoms with Gasteiger partial charge in [0.05, 0.1) is 26.0 Å². The van der Waals surface area contributed by atoms with Crippen LogP contribution in [0.25, 0.3) is 0 Å². The van der Waals surface area contributed by atoms with E-state index in [2.05, 4.69) is 4.72 Å². The first-order chi connectivity index (χ1) is 9.77. The molecule has 1 aromatic carbocycles. The van der Waals surface area contributed by atoms with E-state index in [0.29, 0.717) is 5.75 Å². The first kappa shape index (κ1) is 15.8. The van der Waals surface area contributed by atoms with Crippen molar-refractivity contribution in [3.05, 3.63) is 29.7 Å². The van der Waals surface area contributed by atoms with Gasteiger partial charge in [0, 0.05) is 11.5 Å². The van der Waals surface area contributed by atoms with E-state index in [9.17, 15) is 16.8 Å². The van der Waals surface area contributed by atoms with Crippen molar-refractivity contribution in [2.75, 3.05) is 20.0 Å². The number of benzene rings is 1. The van der Waals surface area contributed by atoms with Crippen LogP contribution in [0.4, 0.5) is 0 Å². The highest BCUT2D eigenvalue weighted by atomic mass is 32.2. The number of hydrogen-bond donors (Lipinski definition) is 1. The molecule has 1 N–H and O–H groups in total. The van der Waals surface area contributed by atoms with Gasteiger partial charge in [-0.05, 0) is 12.1 Å². The van der Waals surface area contributed by atoms with Crippen LogP contribution in [-0.4, -0.2) is 42.8 Å². The van der Waals surface area contributed by atoms with Crippen molar-refractivity contribution in [2.45, 2.75) is 10.9 Å². The minimum absolute atomic E-state index is 0.109. The molecule has 2 rings (SSSR count). The maximum Gasteiger partial charge on any atom is 0.244 e. The van der Waals surface area contributed by atoms with Gasteiger partial charge in [-0.1, -0.05) is 6.08 Å². The molecule has 0 bridgehead atoms. The molecule has 0 fully saturated rings. The van der Waals surface area contributed by atoms with Crippen LogP contribution in [0, 0.1) is 0 Å². The maximum atomic E-state index is 12.4. The Balaban J connectivity index is 2.34. The van der Waals surface area contributed by atoms with Crippen LogP contribution < -0.4 is 14.2 Å². The molecule has 0 saturated heterocycles. The molecule has 0 radical (unpaired) electrons. The summed E-state index contributed by atoms with van der Waals surface area (Å²) in [5.41, 5.74) is 0. The van der Waals surface area contributed by atoms with Crippen LogP contribution in [-0.2, 0) is 19.9 Å². The van der Waals surface area contributed by atoms with Gasteiger partial charge in [0.25, 0.3) is 0 Å². The van der Waals surface area contributed by atoms with Crippen molar-refractivity contribution >= 4 is 19.9 Å². The molecule has 21 heavy (non-hydrogen) atoms. The summed E-state index contributed by atoms with van der Waals surface area (Å²) in [6.07, 6.45) is 1.31. The number of rotatable bonds is 5. The van der Waals surface area contributed by atoms with Gasteiger partial charge in [0.2, 0.25) is 10.0 Å². The molecule has 1 atom stereocenters. The molecular weight excluding hydrogens is 318 g/mol. The molecule has 0 aliphatic carbocycles. The second-order valence-electron chi connectivity index (χ2n) is 4.40. The zero-order valence-electron chi connectivity index (χ0n) is 11.4. The summed E-state index contributed by atoms with van der Waals surface area (Å²) >= 11 is 0. The number of ether oxygens (including phenoxy) is 2. The fourth-order valence-electron chi connectivity index (χ4n) is 1.91. The van der Waals surface area contributed by atoms with Gasteiger partial charge < -0.3 is 9.47 Å². The summed E-state index contributed by atoms with van der Waals surface area (Å²) < 4.78 is 59.7. The van der Waals surface area contributed by atoms with E-state index in [4.69, 9.17) is 9.47 Å². The van der Waals surface area contributed by atoms with E-state index in [-0.39, 0.29) is 16.4 Å². The summed E-state index contributed by atoms with van der Waals surface area (Å²) in [6, 6.07) is 3.55. The molecule has 0 unspecified atom stereocenters. The molecule has 1 heterocycles. The van der Waals surface area contributed by atoms with Crippen molar-refractivity contribution < 1.29 is 26.3 Å². The lowest BCUT2D eigenvalue weighted by Gasteiger charge is -2.14. The van der Waals surface area contributed by atoms with Gasteiger partial charge >= 0.3 is 0 Å². The van der Waals surface area contributed by atoms with Gasteiger partial charge in [0.15, 0.2) is 9.84 Å². The Hall–Kier alpha value is -1.58. The van der Waals surface area contributed by atoms with Crippen LogP contribution in [0.1, 0.15) is 0 Å². The van der Waals surface area contributed by atoms with Crippen molar-refractivity contribution in [1.29, 1.82) is 0 Å². The third-order valence-corrected chi connectivity index (χ3v) is 5.80. The smallest absolute Gasteiger partial charge is 0.244 e. The van der Waals surface area contributed by atoms with E-state index in [1.54, 1.807) is 6.07 Å². The second-order valence-corrected chi connectivity index (χ2v) is 8.02. The van der Waals surface area contributed by atoms with Gasteiger partial charge in [-0.3, -0.25) is 0 Å². The van der Waals surface area contributed by atoms with E-state index >= 15 is 0 Å². The first-order valence-electron chi connectivity index (χ1n) is 5.93. The Kier molecular flexibility index (Phi) is 4.26. The van der Waals surface area contributed by atoms with Crippen LogP contribution in [0.3, 0.4) is 0 Å². The highest BCUT2D eigenvalue weighted by Gasteiger charge is 2.28. The molecule has 0 spiro atoms. The van der Waals surface area contributed by atoms with Crippen molar-refractivity contribution in [3.8, 4) is 11.5 Å². The van der Waals surface area contributed by atoms with Crippen LogP contribution in [0.15, 0.2) is 34.6 Å². The lowest BCUT2D eigenvalue weighted by molar-refractivity contribution is 0.392. The molecular formula is C12H15NO6S2. The minimum atomic E-state index is -3.94.